The first kappa shape index (κ1) is 20.8. The van der Waals surface area contributed by atoms with E-state index in [4.69, 9.17) is 28.2 Å². The number of alkyl halides is 3. The van der Waals surface area contributed by atoms with Crippen LogP contribution in [0, 0.1) is 0 Å². The molecule has 1 aliphatic rings. The minimum Gasteiger partial charge on any atom is -0.457 e. The van der Waals surface area contributed by atoms with E-state index >= 15 is 0 Å². The Bertz CT molecular complexity index is 1060. The van der Waals surface area contributed by atoms with Crippen LogP contribution in [-0.2, 0) is 15.8 Å². The van der Waals surface area contributed by atoms with Crippen LogP contribution in [0.4, 0.5) is 13.2 Å². The summed E-state index contributed by atoms with van der Waals surface area (Å²) in [4.78, 5) is 25.8. The number of carbonyl (C=O) groups excluding carboxylic acids is 2. The Morgan fingerprint density at radius 2 is 1.97 bits per heavy atom. The Morgan fingerprint density at radius 3 is 2.62 bits per heavy atom. The molecule has 2 heterocycles. The molecule has 0 unspecified atom stereocenters. The van der Waals surface area contributed by atoms with Crippen molar-refractivity contribution in [1.29, 1.82) is 0 Å². The monoisotopic (exact) mass is 440 g/mol. The summed E-state index contributed by atoms with van der Waals surface area (Å²) in [6.07, 6.45) is -1.92. The van der Waals surface area contributed by atoms with E-state index in [-0.39, 0.29) is 39.3 Å². The van der Waals surface area contributed by atoms with Crippen LogP contribution in [-0.4, -0.2) is 28.4 Å². The summed E-state index contributed by atoms with van der Waals surface area (Å²) in [5.74, 6) is -1.22. The van der Waals surface area contributed by atoms with Crippen LogP contribution in [0.2, 0.25) is 5.02 Å². The average Bonchev–Trinajstić information content (AvgIpc) is 3.10. The molecule has 10 heteroatoms. The summed E-state index contributed by atoms with van der Waals surface area (Å²) in [6.45, 7) is 3.62. The minimum atomic E-state index is -4.55. The lowest BCUT2D eigenvalue weighted by Gasteiger charge is -2.27. The summed E-state index contributed by atoms with van der Waals surface area (Å²) < 4.78 is 44.4. The van der Waals surface area contributed by atoms with Gasteiger partial charge >= 0.3 is 6.18 Å². The van der Waals surface area contributed by atoms with E-state index in [9.17, 15) is 22.8 Å². The molecular formula is C19H12ClF3N2O3S. The summed E-state index contributed by atoms with van der Waals surface area (Å²) >= 11 is 11.0. The fourth-order valence-electron chi connectivity index (χ4n) is 2.60. The molecule has 1 aromatic carbocycles. The number of hydrogen-bond donors (Lipinski definition) is 1. The molecule has 29 heavy (non-hydrogen) atoms. The van der Waals surface area contributed by atoms with Crippen LogP contribution < -0.4 is 5.32 Å². The zero-order valence-electron chi connectivity index (χ0n) is 14.5. The molecule has 0 aliphatic carbocycles. The number of nitrogens with one attached hydrogen (secondary N) is 1. The quantitative estimate of drug-likeness (QED) is 0.330. The highest BCUT2D eigenvalue weighted by Crippen LogP contribution is 2.36. The highest BCUT2D eigenvalue weighted by Gasteiger charge is 2.33. The smallest absolute Gasteiger partial charge is 0.416 e. The van der Waals surface area contributed by atoms with E-state index in [0.717, 1.165) is 23.1 Å². The number of benzene rings is 1. The highest BCUT2D eigenvalue weighted by atomic mass is 35.5. The number of halogens is 4. The van der Waals surface area contributed by atoms with Gasteiger partial charge in [-0.25, -0.2) is 0 Å². The summed E-state index contributed by atoms with van der Waals surface area (Å²) in [5, 5.41) is 2.39. The Hall–Kier alpha value is -2.91. The molecule has 5 nitrogen and oxygen atoms in total. The molecule has 150 valence electrons. The van der Waals surface area contributed by atoms with Crippen molar-refractivity contribution in [1.82, 2.24) is 10.2 Å². The number of furan rings is 1. The molecule has 0 radical (unpaired) electrons. The molecule has 1 aromatic heterocycles. The second-order valence-corrected chi connectivity index (χ2v) is 6.71. The number of hydrogen-bond acceptors (Lipinski definition) is 4. The van der Waals surface area contributed by atoms with E-state index in [0.29, 0.717) is 0 Å². The fraction of sp³-hybridized carbons (Fsp3) is 0.105. The molecule has 1 fully saturated rings. The second kappa shape index (κ2) is 7.84. The number of rotatable bonds is 4. The molecule has 3 rings (SSSR count). The second-order valence-electron chi connectivity index (χ2n) is 5.92. The van der Waals surface area contributed by atoms with Crippen molar-refractivity contribution >= 4 is 46.8 Å². The van der Waals surface area contributed by atoms with Gasteiger partial charge in [0.25, 0.3) is 11.8 Å². The number of nitrogens with zero attached hydrogens (tertiary/aromatic N) is 1. The molecule has 1 aliphatic heterocycles. The van der Waals surface area contributed by atoms with Crippen molar-refractivity contribution in [3.8, 4) is 11.3 Å². The van der Waals surface area contributed by atoms with Crippen molar-refractivity contribution in [2.45, 2.75) is 6.18 Å². The van der Waals surface area contributed by atoms with Crippen LogP contribution in [0.3, 0.4) is 0 Å². The van der Waals surface area contributed by atoms with Gasteiger partial charge in [-0.3, -0.25) is 19.8 Å². The third-order valence-electron chi connectivity index (χ3n) is 3.97. The zero-order chi connectivity index (χ0) is 21.3. The van der Waals surface area contributed by atoms with Crippen molar-refractivity contribution in [2.24, 2.45) is 0 Å². The Labute approximate surface area is 173 Å². The van der Waals surface area contributed by atoms with E-state index in [1.165, 1.54) is 24.3 Å². The summed E-state index contributed by atoms with van der Waals surface area (Å²) in [7, 11) is 0. The van der Waals surface area contributed by atoms with Crippen molar-refractivity contribution in [2.75, 3.05) is 6.54 Å². The van der Waals surface area contributed by atoms with Gasteiger partial charge in [0, 0.05) is 12.1 Å². The predicted octanol–water partition coefficient (Wildman–Crippen LogP) is 4.43. The summed E-state index contributed by atoms with van der Waals surface area (Å²) in [5.41, 5.74) is -1.10. The first-order chi connectivity index (χ1) is 13.6. The lowest BCUT2D eigenvalue weighted by molar-refractivity contribution is -0.137. The normalized spacial score (nSPS) is 16.3. The third-order valence-corrected chi connectivity index (χ3v) is 4.62. The molecular weight excluding hydrogens is 429 g/mol. The molecule has 0 atom stereocenters. The van der Waals surface area contributed by atoms with Crippen LogP contribution >= 0.6 is 23.8 Å². The van der Waals surface area contributed by atoms with Gasteiger partial charge < -0.3 is 4.42 Å². The topological polar surface area (TPSA) is 62.6 Å². The van der Waals surface area contributed by atoms with E-state index < -0.39 is 23.6 Å². The lowest BCUT2D eigenvalue weighted by atomic mass is 10.1. The highest BCUT2D eigenvalue weighted by molar-refractivity contribution is 7.80. The standard InChI is InChI=1S/C19H12ClF3N2O3S/c1-2-7-25-17(27)13(16(26)24-18(25)29)9-11-4-6-15(28-11)12-8-10(19(21,22)23)3-5-14(12)20/h2-6,8-9H,1,7H2,(H,24,26,29)/b13-9+. The lowest BCUT2D eigenvalue weighted by Crippen LogP contribution is -2.53. The van der Waals surface area contributed by atoms with Gasteiger partial charge in [-0.1, -0.05) is 17.7 Å². The number of thiocarbonyl (C=S) groups is 1. The van der Waals surface area contributed by atoms with Crippen LogP contribution in [0.5, 0.6) is 0 Å². The maximum Gasteiger partial charge on any atom is 0.416 e. The van der Waals surface area contributed by atoms with Gasteiger partial charge in [-0.15, -0.1) is 6.58 Å². The predicted molar refractivity (Wildman–Crippen MR) is 105 cm³/mol. The molecule has 0 spiro atoms. The first-order valence-electron chi connectivity index (χ1n) is 8.08. The largest absolute Gasteiger partial charge is 0.457 e. The Kier molecular flexibility index (Phi) is 5.63. The first-order valence-corrected chi connectivity index (χ1v) is 8.87. The van der Waals surface area contributed by atoms with E-state index in [1.807, 2.05) is 0 Å². The van der Waals surface area contributed by atoms with Gasteiger partial charge in [-0.05, 0) is 48.6 Å². The number of carbonyl (C=O) groups is 2. The van der Waals surface area contributed by atoms with Crippen molar-refractivity contribution in [3.63, 3.8) is 0 Å². The molecule has 1 saturated heterocycles. The van der Waals surface area contributed by atoms with Gasteiger partial charge in [0.15, 0.2) is 5.11 Å². The van der Waals surface area contributed by atoms with Crippen LogP contribution in [0.1, 0.15) is 11.3 Å². The minimum absolute atomic E-state index is 0.0278. The zero-order valence-corrected chi connectivity index (χ0v) is 16.1. The average molecular weight is 441 g/mol. The third kappa shape index (κ3) is 4.25. The fourth-order valence-corrected chi connectivity index (χ4v) is 3.06. The van der Waals surface area contributed by atoms with Gasteiger partial charge in [0.1, 0.15) is 17.1 Å². The number of amides is 2. The molecule has 1 N–H and O–H groups in total. The van der Waals surface area contributed by atoms with E-state index in [2.05, 4.69) is 11.9 Å². The molecule has 2 amide bonds. The Balaban J connectivity index is 1.96. The van der Waals surface area contributed by atoms with E-state index in [1.54, 1.807) is 0 Å². The van der Waals surface area contributed by atoms with Crippen LogP contribution in [0.25, 0.3) is 17.4 Å². The van der Waals surface area contributed by atoms with Crippen molar-refractivity contribution < 1.29 is 27.2 Å². The molecule has 2 aromatic rings. The molecule has 0 saturated carbocycles. The SMILES string of the molecule is C=CCN1C(=O)/C(=C/c2ccc(-c3cc(C(F)(F)F)ccc3Cl)o2)C(=O)NC1=S. The van der Waals surface area contributed by atoms with Gasteiger partial charge in [-0.2, -0.15) is 13.2 Å². The summed E-state index contributed by atoms with van der Waals surface area (Å²) in [6, 6.07) is 5.64. The maximum absolute atomic E-state index is 13.0. The maximum atomic E-state index is 13.0. The van der Waals surface area contributed by atoms with Crippen LogP contribution in [0.15, 0.2) is 53.0 Å². The van der Waals surface area contributed by atoms with Crippen molar-refractivity contribution in [3.05, 3.63) is 64.9 Å². The molecule has 0 bridgehead atoms. The Morgan fingerprint density at radius 1 is 1.24 bits per heavy atom. The van der Waals surface area contributed by atoms with Gasteiger partial charge in [0.2, 0.25) is 0 Å². The van der Waals surface area contributed by atoms with Gasteiger partial charge in [0.05, 0.1) is 10.6 Å².